The normalized spacial score (nSPS) is 10.9. The van der Waals surface area contributed by atoms with E-state index in [2.05, 4.69) is 15.3 Å². The van der Waals surface area contributed by atoms with Gasteiger partial charge >= 0.3 is 0 Å². The van der Waals surface area contributed by atoms with Gasteiger partial charge in [0.05, 0.1) is 12.8 Å². The summed E-state index contributed by atoms with van der Waals surface area (Å²) in [7, 11) is 1.63. The van der Waals surface area contributed by atoms with E-state index in [1.807, 2.05) is 35.8 Å². The zero-order valence-corrected chi connectivity index (χ0v) is 14.2. The fraction of sp³-hybridized carbons (Fsp3) is 0.0625. The van der Waals surface area contributed by atoms with E-state index in [9.17, 15) is 4.79 Å². The molecule has 0 aliphatic carbocycles. The monoisotopic (exact) mass is 356 g/mol. The molecule has 4 aromatic rings. The molecule has 0 saturated heterocycles. The molecule has 0 atom stereocenters. The Morgan fingerprint density at radius 2 is 2.25 bits per heavy atom. The van der Waals surface area contributed by atoms with Crippen molar-refractivity contribution in [2.45, 2.75) is 0 Å². The molecule has 0 fully saturated rings. The summed E-state index contributed by atoms with van der Waals surface area (Å²) in [5.74, 6) is 0.566. The van der Waals surface area contributed by atoms with Crippen LogP contribution in [0.2, 0.25) is 0 Å². The van der Waals surface area contributed by atoms with Crippen molar-refractivity contribution in [2.75, 3.05) is 12.4 Å². The molecule has 0 aliphatic rings. The molecule has 1 amide bonds. The smallest absolute Gasteiger partial charge is 0.275 e. The number of carbonyl (C=O) groups is 1. The minimum absolute atomic E-state index is 0.203. The van der Waals surface area contributed by atoms with Crippen molar-refractivity contribution in [3.05, 3.63) is 53.1 Å². The minimum Gasteiger partial charge on any atom is -0.497 e. The topological polar surface area (TPSA) is 68.5 Å². The van der Waals surface area contributed by atoms with Gasteiger partial charge in [-0.2, -0.15) is 0 Å². The molecule has 3 heterocycles. The molecule has 1 aromatic carbocycles. The molecule has 3 aromatic heterocycles. The number of thiazole rings is 2. The third-order valence-electron chi connectivity index (χ3n) is 3.46. The Labute approximate surface area is 145 Å². The van der Waals surface area contributed by atoms with Crippen LogP contribution in [-0.2, 0) is 0 Å². The number of amides is 1. The lowest BCUT2D eigenvalue weighted by Gasteiger charge is -2.01. The summed E-state index contributed by atoms with van der Waals surface area (Å²) in [6.45, 7) is 0. The highest BCUT2D eigenvalue weighted by atomic mass is 32.1. The number of hydrogen-bond donors (Lipinski definition) is 1. The van der Waals surface area contributed by atoms with E-state index < -0.39 is 0 Å². The third kappa shape index (κ3) is 2.66. The maximum atomic E-state index is 12.4. The lowest BCUT2D eigenvalue weighted by Crippen LogP contribution is -2.13. The molecule has 0 aliphatic heterocycles. The fourth-order valence-corrected chi connectivity index (χ4v) is 3.69. The van der Waals surface area contributed by atoms with Gasteiger partial charge in [0.15, 0.2) is 10.1 Å². The molecule has 6 nitrogen and oxygen atoms in total. The molecular weight excluding hydrogens is 344 g/mol. The van der Waals surface area contributed by atoms with Crippen LogP contribution in [-0.4, -0.2) is 27.4 Å². The van der Waals surface area contributed by atoms with Gasteiger partial charge in [-0.05, 0) is 12.1 Å². The van der Waals surface area contributed by atoms with Crippen LogP contribution in [0.25, 0.3) is 16.2 Å². The maximum Gasteiger partial charge on any atom is 0.275 e. The van der Waals surface area contributed by atoms with Crippen molar-refractivity contribution >= 4 is 38.7 Å². The highest BCUT2D eigenvalue weighted by Crippen LogP contribution is 2.26. The van der Waals surface area contributed by atoms with Crippen molar-refractivity contribution in [3.8, 4) is 17.0 Å². The number of ether oxygens (including phenoxy) is 1. The van der Waals surface area contributed by atoms with Crippen molar-refractivity contribution < 1.29 is 9.53 Å². The average molecular weight is 356 g/mol. The lowest BCUT2D eigenvalue weighted by atomic mass is 10.1. The van der Waals surface area contributed by atoms with Gasteiger partial charge in [0.1, 0.15) is 11.4 Å². The van der Waals surface area contributed by atoms with Crippen LogP contribution in [0.5, 0.6) is 5.75 Å². The quantitative estimate of drug-likeness (QED) is 0.604. The Balaban J connectivity index is 1.69. The molecule has 24 heavy (non-hydrogen) atoms. The van der Waals surface area contributed by atoms with Gasteiger partial charge in [0.25, 0.3) is 5.91 Å². The van der Waals surface area contributed by atoms with Crippen molar-refractivity contribution in [1.29, 1.82) is 0 Å². The van der Waals surface area contributed by atoms with Crippen molar-refractivity contribution in [2.24, 2.45) is 0 Å². The van der Waals surface area contributed by atoms with E-state index in [-0.39, 0.29) is 5.91 Å². The number of benzene rings is 1. The van der Waals surface area contributed by atoms with Crippen LogP contribution in [0, 0.1) is 0 Å². The Kier molecular flexibility index (Phi) is 3.75. The van der Waals surface area contributed by atoms with Crippen LogP contribution >= 0.6 is 22.7 Å². The summed E-state index contributed by atoms with van der Waals surface area (Å²) in [6, 6.07) is 7.68. The molecule has 0 spiro atoms. The van der Waals surface area contributed by atoms with E-state index >= 15 is 0 Å². The standard InChI is InChI=1S/C16H12N4O2S2/c1-22-11-4-2-3-10(7-11)12-8-20-13(9-24-16(20)18-12)14(21)19-15-17-5-6-23-15/h2-9H,1H3,(H,17,19,21). The number of nitrogens with zero attached hydrogens (tertiary/aromatic N) is 3. The Hall–Kier alpha value is -2.71. The number of nitrogens with one attached hydrogen (secondary N) is 1. The molecule has 4 rings (SSSR count). The van der Waals surface area contributed by atoms with Gasteiger partial charge in [-0.15, -0.1) is 22.7 Å². The molecule has 1 N–H and O–H groups in total. The Bertz CT molecular complexity index is 1000. The van der Waals surface area contributed by atoms with Crippen molar-refractivity contribution in [1.82, 2.24) is 14.4 Å². The van der Waals surface area contributed by atoms with Crippen LogP contribution in [0.15, 0.2) is 47.4 Å². The van der Waals surface area contributed by atoms with Crippen LogP contribution < -0.4 is 10.1 Å². The maximum absolute atomic E-state index is 12.4. The molecular formula is C16H12N4O2S2. The summed E-state index contributed by atoms with van der Waals surface area (Å²) in [5, 5.41) is 6.98. The molecule has 8 heteroatoms. The summed E-state index contributed by atoms with van der Waals surface area (Å²) < 4.78 is 7.04. The predicted molar refractivity (Wildman–Crippen MR) is 95.1 cm³/mol. The van der Waals surface area contributed by atoms with Gasteiger partial charge in [-0.3, -0.25) is 14.5 Å². The highest BCUT2D eigenvalue weighted by molar-refractivity contribution is 7.15. The first-order valence-electron chi connectivity index (χ1n) is 7.06. The Morgan fingerprint density at radius 1 is 1.33 bits per heavy atom. The number of rotatable bonds is 4. The van der Waals surface area contributed by atoms with Gasteiger partial charge < -0.3 is 4.74 Å². The van der Waals surface area contributed by atoms with Gasteiger partial charge in [0, 0.05) is 28.7 Å². The zero-order chi connectivity index (χ0) is 16.5. The third-order valence-corrected chi connectivity index (χ3v) is 4.99. The lowest BCUT2D eigenvalue weighted by molar-refractivity contribution is 0.102. The number of fused-ring (bicyclic) bond motifs is 1. The number of carbonyl (C=O) groups excluding carboxylic acids is 1. The largest absolute Gasteiger partial charge is 0.497 e. The second kappa shape index (κ2) is 6.06. The number of imidazole rings is 1. The van der Waals surface area contributed by atoms with E-state index in [0.717, 1.165) is 22.0 Å². The summed E-state index contributed by atoms with van der Waals surface area (Å²) in [5.41, 5.74) is 2.27. The molecule has 0 unspecified atom stereocenters. The molecule has 0 bridgehead atoms. The van der Waals surface area contributed by atoms with E-state index in [1.165, 1.54) is 22.7 Å². The van der Waals surface area contributed by atoms with Crippen molar-refractivity contribution in [3.63, 3.8) is 0 Å². The first-order valence-corrected chi connectivity index (χ1v) is 8.82. The summed E-state index contributed by atoms with van der Waals surface area (Å²) in [6.07, 6.45) is 3.51. The molecule has 0 radical (unpaired) electrons. The molecule has 0 saturated carbocycles. The number of aromatic nitrogens is 3. The van der Waals surface area contributed by atoms with E-state index in [4.69, 9.17) is 4.74 Å². The van der Waals surface area contributed by atoms with Gasteiger partial charge in [-0.1, -0.05) is 12.1 Å². The second-order valence-electron chi connectivity index (χ2n) is 4.92. The van der Waals surface area contributed by atoms with Gasteiger partial charge in [0.2, 0.25) is 0 Å². The molecule has 120 valence electrons. The Morgan fingerprint density at radius 3 is 3.04 bits per heavy atom. The first-order chi connectivity index (χ1) is 11.7. The van der Waals surface area contributed by atoms with E-state index in [1.54, 1.807) is 23.1 Å². The van der Waals surface area contributed by atoms with Gasteiger partial charge in [-0.25, -0.2) is 9.97 Å². The first kappa shape index (κ1) is 14.9. The summed E-state index contributed by atoms with van der Waals surface area (Å²) >= 11 is 2.80. The minimum atomic E-state index is -0.203. The van der Waals surface area contributed by atoms with E-state index in [0.29, 0.717) is 10.8 Å². The SMILES string of the molecule is COc1cccc(-c2cn3c(C(=O)Nc4nccs4)csc3n2)c1. The van der Waals surface area contributed by atoms with Crippen LogP contribution in [0.1, 0.15) is 10.5 Å². The number of methoxy groups -OCH3 is 1. The number of hydrogen-bond acceptors (Lipinski definition) is 6. The average Bonchev–Trinajstić information content (AvgIpc) is 3.31. The van der Waals surface area contributed by atoms with Crippen LogP contribution in [0.4, 0.5) is 5.13 Å². The zero-order valence-electron chi connectivity index (χ0n) is 12.6. The van der Waals surface area contributed by atoms with Crippen LogP contribution in [0.3, 0.4) is 0 Å². The fourth-order valence-electron chi connectivity index (χ4n) is 2.32. The second-order valence-corrected chi connectivity index (χ2v) is 6.65. The number of anilines is 1. The summed E-state index contributed by atoms with van der Waals surface area (Å²) in [4.78, 5) is 21.8. The predicted octanol–water partition coefficient (Wildman–Crippen LogP) is 3.78. The highest BCUT2D eigenvalue weighted by Gasteiger charge is 2.16.